The van der Waals surface area contributed by atoms with Gasteiger partial charge in [-0.15, -0.1) is 0 Å². The van der Waals surface area contributed by atoms with Gasteiger partial charge in [-0.3, -0.25) is 4.79 Å². The summed E-state index contributed by atoms with van der Waals surface area (Å²) < 4.78 is 5.30. The maximum atomic E-state index is 12.3. The highest BCUT2D eigenvalue weighted by Crippen LogP contribution is 2.23. The molecule has 2 aromatic rings. The summed E-state index contributed by atoms with van der Waals surface area (Å²) in [4.78, 5) is 14.5. The van der Waals surface area contributed by atoms with Crippen molar-refractivity contribution in [2.24, 2.45) is 0 Å². The highest BCUT2D eigenvalue weighted by atomic mass is 16.5. The number of aromatic nitrogens is 1. The quantitative estimate of drug-likeness (QED) is 0.795. The molecule has 0 saturated carbocycles. The zero-order valence-corrected chi connectivity index (χ0v) is 14.3. The van der Waals surface area contributed by atoms with Crippen LogP contribution in [0.5, 0.6) is 0 Å². The van der Waals surface area contributed by atoms with Crippen LogP contribution in [-0.2, 0) is 19.4 Å². The lowest BCUT2D eigenvalue weighted by Crippen LogP contribution is -2.29. The van der Waals surface area contributed by atoms with Crippen molar-refractivity contribution < 1.29 is 9.32 Å². The van der Waals surface area contributed by atoms with Crippen LogP contribution in [0.2, 0.25) is 0 Å². The van der Waals surface area contributed by atoms with E-state index in [0.29, 0.717) is 12.2 Å². The van der Waals surface area contributed by atoms with Crippen LogP contribution in [0.1, 0.15) is 46.6 Å². The lowest BCUT2D eigenvalue weighted by atomic mass is 9.96. The summed E-state index contributed by atoms with van der Waals surface area (Å²) in [6.45, 7) is 2.51. The first-order valence-corrected chi connectivity index (χ1v) is 8.72. The molecule has 1 heterocycles. The fraction of sp³-hybridized carbons (Fsp3) is 0.474. The predicted octanol–water partition coefficient (Wildman–Crippen LogP) is 2.81. The van der Waals surface area contributed by atoms with Crippen molar-refractivity contribution in [1.82, 2.24) is 15.4 Å². The van der Waals surface area contributed by atoms with E-state index in [2.05, 4.69) is 46.7 Å². The fourth-order valence-electron chi connectivity index (χ4n) is 3.17. The lowest BCUT2D eigenvalue weighted by Gasteiger charge is -2.16. The van der Waals surface area contributed by atoms with E-state index in [1.54, 1.807) is 0 Å². The van der Waals surface area contributed by atoms with E-state index in [1.165, 1.54) is 5.56 Å². The molecule has 0 spiro atoms. The highest BCUT2D eigenvalue weighted by molar-refractivity contribution is 5.93. The second kappa shape index (κ2) is 8.11. The average molecular weight is 327 g/mol. The van der Waals surface area contributed by atoms with Gasteiger partial charge in [0.1, 0.15) is 5.76 Å². The van der Waals surface area contributed by atoms with E-state index in [1.807, 2.05) is 6.07 Å². The number of benzene rings is 1. The van der Waals surface area contributed by atoms with Gasteiger partial charge in [0.15, 0.2) is 5.69 Å². The summed E-state index contributed by atoms with van der Waals surface area (Å²) in [5, 5.41) is 6.94. The Bertz CT molecular complexity index is 667. The molecule has 0 bridgehead atoms. The third kappa shape index (κ3) is 4.23. The summed E-state index contributed by atoms with van der Waals surface area (Å²) in [6, 6.07) is 10.4. The molecule has 128 valence electrons. The number of nitrogens with one attached hydrogen (secondary N) is 1. The standard InChI is InChI=1S/C19H25N3O2/c1-22(14-15-8-3-2-4-9-15)13-7-12-20-19(23)18-16-10-5-6-11-17(16)24-21-18/h2-4,8-9H,5-7,10-14H2,1H3,(H,20,23). The summed E-state index contributed by atoms with van der Waals surface area (Å²) >= 11 is 0. The molecule has 0 atom stereocenters. The molecule has 0 radical (unpaired) electrons. The predicted molar refractivity (Wildman–Crippen MR) is 92.9 cm³/mol. The monoisotopic (exact) mass is 327 g/mol. The third-order valence-electron chi connectivity index (χ3n) is 4.46. The van der Waals surface area contributed by atoms with E-state index in [0.717, 1.165) is 56.5 Å². The number of carbonyl (C=O) groups is 1. The molecule has 5 nitrogen and oxygen atoms in total. The summed E-state index contributed by atoms with van der Waals surface area (Å²) in [6.07, 6.45) is 4.95. The van der Waals surface area contributed by atoms with Gasteiger partial charge < -0.3 is 14.7 Å². The molecule has 3 rings (SSSR count). The number of nitrogens with zero attached hydrogens (tertiary/aromatic N) is 2. The van der Waals surface area contributed by atoms with Crippen LogP contribution in [0.15, 0.2) is 34.9 Å². The maximum absolute atomic E-state index is 12.3. The number of hydrogen-bond donors (Lipinski definition) is 1. The topological polar surface area (TPSA) is 58.4 Å². The molecule has 1 N–H and O–H groups in total. The second-order valence-corrected chi connectivity index (χ2v) is 6.47. The van der Waals surface area contributed by atoms with Gasteiger partial charge >= 0.3 is 0 Å². The third-order valence-corrected chi connectivity index (χ3v) is 4.46. The highest BCUT2D eigenvalue weighted by Gasteiger charge is 2.23. The molecule has 1 aromatic carbocycles. The van der Waals surface area contributed by atoms with Gasteiger partial charge in [0.25, 0.3) is 5.91 Å². The number of amides is 1. The van der Waals surface area contributed by atoms with Crippen LogP contribution in [0.25, 0.3) is 0 Å². The van der Waals surface area contributed by atoms with E-state index in [4.69, 9.17) is 4.52 Å². The lowest BCUT2D eigenvalue weighted by molar-refractivity contribution is 0.0942. The molecule has 0 saturated heterocycles. The molecule has 5 heteroatoms. The number of hydrogen-bond acceptors (Lipinski definition) is 4. The van der Waals surface area contributed by atoms with E-state index >= 15 is 0 Å². The van der Waals surface area contributed by atoms with Crippen molar-refractivity contribution in [1.29, 1.82) is 0 Å². The van der Waals surface area contributed by atoms with Crippen molar-refractivity contribution in [2.75, 3.05) is 20.1 Å². The minimum absolute atomic E-state index is 0.104. The first-order chi connectivity index (χ1) is 11.7. The number of aryl methyl sites for hydroxylation is 1. The Balaban J connectivity index is 1.40. The average Bonchev–Trinajstić information content (AvgIpc) is 3.03. The molecule has 1 aliphatic carbocycles. The molecule has 1 aromatic heterocycles. The van der Waals surface area contributed by atoms with Crippen LogP contribution in [0, 0.1) is 0 Å². The molecule has 0 unspecified atom stereocenters. The smallest absolute Gasteiger partial charge is 0.273 e. The zero-order chi connectivity index (χ0) is 16.8. The molecule has 24 heavy (non-hydrogen) atoms. The molecule has 0 fully saturated rings. The Morgan fingerprint density at radius 2 is 2.04 bits per heavy atom. The van der Waals surface area contributed by atoms with Crippen LogP contribution in [0.3, 0.4) is 0 Å². The first kappa shape index (κ1) is 16.7. The van der Waals surface area contributed by atoms with Gasteiger partial charge in [-0.1, -0.05) is 35.5 Å². The second-order valence-electron chi connectivity index (χ2n) is 6.47. The minimum atomic E-state index is -0.104. The van der Waals surface area contributed by atoms with E-state index in [-0.39, 0.29) is 5.91 Å². The zero-order valence-electron chi connectivity index (χ0n) is 14.3. The molecular formula is C19H25N3O2. The van der Waals surface area contributed by atoms with Gasteiger partial charge in [-0.25, -0.2) is 0 Å². The Morgan fingerprint density at radius 3 is 2.88 bits per heavy atom. The summed E-state index contributed by atoms with van der Waals surface area (Å²) in [5.74, 6) is 0.793. The SMILES string of the molecule is CN(CCCNC(=O)c1noc2c1CCCC2)Cc1ccccc1. The van der Waals surface area contributed by atoms with Crippen molar-refractivity contribution in [3.05, 3.63) is 52.9 Å². The van der Waals surface area contributed by atoms with E-state index < -0.39 is 0 Å². The van der Waals surface area contributed by atoms with Crippen LogP contribution in [-0.4, -0.2) is 36.1 Å². The molecule has 0 aliphatic heterocycles. The number of rotatable bonds is 7. The van der Waals surface area contributed by atoms with Crippen molar-refractivity contribution >= 4 is 5.91 Å². The van der Waals surface area contributed by atoms with Crippen molar-refractivity contribution in [3.8, 4) is 0 Å². The summed E-state index contributed by atoms with van der Waals surface area (Å²) in [5.41, 5.74) is 2.81. The molecule has 1 aliphatic rings. The van der Waals surface area contributed by atoms with Crippen LogP contribution >= 0.6 is 0 Å². The largest absolute Gasteiger partial charge is 0.360 e. The maximum Gasteiger partial charge on any atom is 0.273 e. The normalized spacial score (nSPS) is 13.8. The molecule has 1 amide bonds. The van der Waals surface area contributed by atoms with Gasteiger partial charge in [0.05, 0.1) is 0 Å². The van der Waals surface area contributed by atoms with Crippen molar-refractivity contribution in [3.63, 3.8) is 0 Å². The van der Waals surface area contributed by atoms with Gasteiger partial charge in [0.2, 0.25) is 0 Å². The minimum Gasteiger partial charge on any atom is -0.360 e. The summed E-state index contributed by atoms with van der Waals surface area (Å²) in [7, 11) is 2.10. The van der Waals surface area contributed by atoms with Gasteiger partial charge in [0, 0.05) is 25.1 Å². The fourth-order valence-corrected chi connectivity index (χ4v) is 3.17. The van der Waals surface area contributed by atoms with Gasteiger partial charge in [-0.2, -0.15) is 0 Å². The molecular weight excluding hydrogens is 302 g/mol. The van der Waals surface area contributed by atoms with E-state index in [9.17, 15) is 4.79 Å². The first-order valence-electron chi connectivity index (χ1n) is 8.72. The Labute approximate surface area is 143 Å². The Kier molecular flexibility index (Phi) is 5.64. The Morgan fingerprint density at radius 1 is 1.25 bits per heavy atom. The van der Waals surface area contributed by atoms with Crippen molar-refractivity contribution in [2.45, 2.75) is 38.6 Å². The van der Waals surface area contributed by atoms with Gasteiger partial charge in [-0.05, 0) is 44.8 Å². The van der Waals surface area contributed by atoms with Crippen LogP contribution < -0.4 is 5.32 Å². The Hall–Kier alpha value is -2.14. The van der Waals surface area contributed by atoms with Crippen LogP contribution in [0.4, 0.5) is 0 Å². The number of fused-ring (bicyclic) bond motifs is 1. The number of carbonyl (C=O) groups excluding carboxylic acids is 1.